The first-order valence-electron chi connectivity index (χ1n) is 33.4. The third-order valence-electron chi connectivity index (χ3n) is 15.7. The molecule has 1 heterocycles. The minimum absolute atomic E-state index is 0.105. The van der Waals surface area contributed by atoms with Crippen LogP contribution in [0, 0.1) is 0 Å². The highest BCUT2D eigenvalue weighted by Crippen LogP contribution is 2.26. The number of aliphatic hydroxyl groups excluding tert-OH is 5. The standard InChI is InChI=1S/C68H125NO10/c1-4-7-10-13-16-19-22-25-27-28-29-30-31-32-33-34-35-36-37-40-43-46-49-52-55-61(72)67(76)69-59(60(71)54-51-48-45-42-39-24-21-18-15-12-9-6-3)58-77-68-66(65(75)64(74)62(57-70)78-68)79-63(73)56-53-50-47-44-41-38-26-23-20-17-14-11-8-5-2/h16,19,25,27,38,41,51,54,59-62,64-66,68,70-72,74-75H,4-15,17-18,20-24,26,28-37,39-40,42-50,52-53,55-58H2,1-3H3,(H,69,76)/b19-16-,27-25-,41-38-,54-51+. The van der Waals surface area contributed by atoms with Crippen LogP contribution in [0.1, 0.15) is 310 Å². The fourth-order valence-electron chi connectivity index (χ4n) is 10.4. The molecule has 8 atom stereocenters. The van der Waals surface area contributed by atoms with E-state index in [-0.39, 0.29) is 13.0 Å². The number of carbonyl (C=O) groups excluding carboxylic acids is 2. The van der Waals surface area contributed by atoms with Crippen LogP contribution in [0.5, 0.6) is 0 Å². The third-order valence-corrected chi connectivity index (χ3v) is 15.7. The molecule has 0 aromatic rings. The van der Waals surface area contributed by atoms with Crippen molar-refractivity contribution in [3.05, 3.63) is 48.6 Å². The summed E-state index contributed by atoms with van der Waals surface area (Å²) < 4.78 is 17.6. The first-order chi connectivity index (χ1) is 38.7. The van der Waals surface area contributed by atoms with E-state index in [1.807, 2.05) is 6.08 Å². The third kappa shape index (κ3) is 43.9. The van der Waals surface area contributed by atoms with Gasteiger partial charge in [-0.05, 0) is 83.5 Å². The molecule has 1 aliphatic rings. The number of aliphatic hydroxyl groups is 5. The lowest BCUT2D eigenvalue weighted by atomic mass is 9.99. The average molecular weight is 1120 g/mol. The molecule has 11 nitrogen and oxygen atoms in total. The largest absolute Gasteiger partial charge is 0.454 e. The topological polar surface area (TPSA) is 175 Å². The Labute approximate surface area is 485 Å². The van der Waals surface area contributed by atoms with Gasteiger partial charge in [0.05, 0.1) is 25.4 Å². The maximum atomic E-state index is 13.5. The number of nitrogens with one attached hydrogen (secondary N) is 1. The molecule has 462 valence electrons. The molecule has 6 N–H and O–H groups in total. The Morgan fingerprint density at radius 1 is 0.494 bits per heavy atom. The summed E-state index contributed by atoms with van der Waals surface area (Å²) in [5, 5.41) is 57.1. The van der Waals surface area contributed by atoms with E-state index < -0.39 is 67.4 Å². The number of hydrogen-bond donors (Lipinski definition) is 6. The second-order valence-electron chi connectivity index (χ2n) is 23.2. The van der Waals surface area contributed by atoms with E-state index in [2.05, 4.69) is 62.5 Å². The maximum Gasteiger partial charge on any atom is 0.306 e. The van der Waals surface area contributed by atoms with Gasteiger partial charge in [0.25, 0.3) is 0 Å². The van der Waals surface area contributed by atoms with E-state index in [0.29, 0.717) is 19.3 Å². The lowest BCUT2D eigenvalue weighted by Gasteiger charge is -2.41. The van der Waals surface area contributed by atoms with Crippen molar-refractivity contribution < 1.29 is 49.3 Å². The fourth-order valence-corrected chi connectivity index (χ4v) is 10.4. The van der Waals surface area contributed by atoms with Crippen LogP contribution in [0.2, 0.25) is 0 Å². The highest BCUT2D eigenvalue weighted by molar-refractivity contribution is 5.80. The number of ether oxygens (including phenoxy) is 3. The molecule has 1 rings (SSSR count). The number of rotatable bonds is 57. The van der Waals surface area contributed by atoms with Gasteiger partial charge in [-0.1, -0.05) is 268 Å². The Balaban J connectivity index is 2.60. The zero-order valence-corrected chi connectivity index (χ0v) is 51.2. The van der Waals surface area contributed by atoms with Gasteiger partial charge in [-0.2, -0.15) is 0 Å². The molecule has 0 bridgehead atoms. The summed E-state index contributed by atoms with van der Waals surface area (Å²) in [6.07, 6.45) is 58.7. The molecule has 0 aromatic carbocycles. The minimum atomic E-state index is -1.62. The van der Waals surface area contributed by atoms with E-state index >= 15 is 0 Å². The summed E-state index contributed by atoms with van der Waals surface area (Å²) in [6.45, 7) is 5.77. The molecule has 1 fully saturated rings. The zero-order chi connectivity index (χ0) is 57.5. The van der Waals surface area contributed by atoms with Crippen molar-refractivity contribution in [3.63, 3.8) is 0 Å². The van der Waals surface area contributed by atoms with Crippen LogP contribution in [-0.2, 0) is 23.8 Å². The van der Waals surface area contributed by atoms with Crippen molar-refractivity contribution in [2.24, 2.45) is 0 Å². The SMILES string of the molecule is CCCCC/C=C\C/C=C\CCCCCCCCCCCCCCCCC(O)C(=O)NC(COC1OC(CO)C(O)C(O)C1OC(=O)CCCCC/C=C\CCCCCCCCC)C(O)/C=C/CCCCCCCCCCCC. The molecule has 0 aromatic heterocycles. The second-order valence-corrected chi connectivity index (χ2v) is 23.2. The van der Waals surface area contributed by atoms with Crippen LogP contribution in [0.3, 0.4) is 0 Å². The van der Waals surface area contributed by atoms with E-state index in [4.69, 9.17) is 14.2 Å². The molecular formula is C68H125NO10. The Kier molecular flexibility index (Phi) is 53.0. The molecule has 1 saturated heterocycles. The Morgan fingerprint density at radius 2 is 0.873 bits per heavy atom. The van der Waals surface area contributed by atoms with Crippen LogP contribution in [0.15, 0.2) is 48.6 Å². The van der Waals surface area contributed by atoms with Crippen molar-refractivity contribution in [1.82, 2.24) is 5.32 Å². The number of carbonyl (C=O) groups is 2. The van der Waals surface area contributed by atoms with Crippen LogP contribution >= 0.6 is 0 Å². The summed E-state index contributed by atoms with van der Waals surface area (Å²) in [5.74, 6) is -1.20. The molecule has 0 spiro atoms. The van der Waals surface area contributed by atoms with Crippen LogP contribution < -0.4 is 5.32 Å². The van der Waals surface area contributed by atoms with E-state index in [0.717, 1.165) is 70.6 Å². The number of allylic oxidation sites excluding steroid dienone is 7. The van der Waals surface area contributed by atoms with Crippen molar-refractivity contribution in [3.8, 4) is 0 Å². The Morgan fingerprint density at radius 3 is 1.33 bits per heavy atom. The predicted molar refractivity (Wildman–Crippen MR) is 329 cm³/mol. The van der Waals surface area contributed by atoms with Crippen molar-refractivity contribution in [2.45, 2.75) is 359 Å². The number of amides is 1. The zero-order valence-electron chi connectivity index (χ0n) is 51.2. The molecule has 1 aliphatic heterocycles. The second kappa shape index (κ2) is 56.1. The molecular weight excluding hydrogens is 991 g/mol. The van der Waals surface area contributed by atoms with Gasteiger partial charge in [0.1, 0.15) is 24.4 Å². The van der Waals surface area contributed by atoms with Gasteiger partial charge >= 0.3 is 5.97 Å². The van der Waals surface area contributed by atoms with Gasteiger partial charge in [-0.25, -0.2) is 0 Å². The summed E-state index contributed by atoms with van der Waals surface area (Å²) in [5.41, 5.74) is 0. The predicted octanol–water partition coefficient (Wildman–Crippen LogP) is 16.4. The van der Waals surface area contributed by atoms with E-state index in [1.165, 1.54) is 193 Å². The fraction of sp³-hybridized carbons (Fsp3) is 0.853. The quantitative estimate of drug-likeness (QED) is 0.0195. The van der Waals surface area contributed by atoms with Crippen molar-refractivity contribution in [1.29, 1.82) is 0 Å². The Hall–Kier alpha value is -2.38. The summed E-state index contributed by atoms with van der Waals surface area (Å²) in [4.78, 5) is 26.6. The lowest BCUT2D eigenvalue weighted by Crippen LogP contribution is -2.61. The lowest BCUT2D eigenvalue weighted by molar-refractivity contribution is -0.305. The van der Waals surface area contributed by atoms with E-state index in [9.17, 15) is 35.1 Å². The van der Waals surface area contributed by atoms with Crippen LogP contribution in [0.4, 0.5) is 0 Å². The summed E-state index contributed by atoms with van der Waals surface area (Å²) in [6, 6.07) is -1.03. The maximum absolute atomic E-state index is 13.5. The molecule has 0 aliphatic carbocycles. The molecule has 0 saturated carbocycles. The van der Waals surface area contributed by atoms with Gasteiger partial charge < -0.3 is 45.1 Å². The van der Waals surface area contributed by atoms with Gasteiger partial charge in [-0.15, -0.1) is 0 Å². The first-order valence-corrected chi connectivity index (χ1v) is 33.4. The normalized spacial score (nSPS) is 19.1. The highest BCUT2D eigenvalue weighted by Gasteiger charge is 2.47. The van der Waals surface area contributed by atoms with Crippen LogP contribution in [0.25, 0.3) is 0 Å². The van der Waals surface area contributed by atoms with Gasteiger partial charge in [0.2, 0.25) is 5.91 Å². The number of hydrogen-bond acceptors (Lipinski definition) is 10. The molecule has 8 unspecified atom stereocenters. The van der Waals surface area contributed by atoms with Gasteiger partial charge in [0.15, 0.2) is 12.4 Å². The molecule has 11 heteroatoms. The molecule has 0 radical (unpaired) electrons. The van der Waals surface area contributed by atoms with Crippen molar-refractivity contribution >= 4 is 11.9 Å². The monoisotopic (exact) mass is 1120 g/mol. The highest BCUT2D eigenvalue weighted by atomic mass is 16.7. The molecule has 79 heavy (non-hydrogen) atoms. The smallest absolute Gasteiger partial charge is 0.306 e. The number of unbranched alkanes of at least 4 members (excludes halogenated alkanes) is 37. The number of esters is 1. The summed E-state index contributed by atoms with van der Waals surface area (Å²) >= 11 is 0. The van der Waals surface area contributed by atoms with E-state index in [1.54, 1.807) is 6.08 Å². The molecule has 1 amide bonds. The van der Waals surface area contributed by atoms with Gasteiger partial charge in [-0.3, -0.25) is 9.59 Å². The minimum Gasteiger partial charge on any atom is -0.454 e. The summed E-state index contributed by atoms with van der Waals surface area (Å²) in [7, 11) is 0. The average Bonchev–Trinajstić information content (AvgIpc) is 3.46. The first kappa shape index (κ1) is 74.6. The van der Waals surface area contributed by atoms with Crippen LogP contribution in [-0.4, -0.2) is 99.6 Å². The van der Waals surface area contributed by atoms with Crippen molar-refractivity contribution in [2.75, 3.05) is 13.2 Å². The Bertz CT molecular complexity index is 1470. The van der Waals surface area contributed by atoms with Gasteiger partial charge in [0, 0.05) is 6.42 Å².